The first kappa shape index (κ1) is 22.6. The average Bonchev–Trinajstić information content (AvgIpc) is 2.84. The van der Waals surface area contributed by atoms with Crippen LogP contribution in [0, 0.1) is 0 Å². The number of hydrogen-bond donors (Lipinski definition) is 0. The maximum atomic E-state index is 12.0. The lowest BCUT2D eigenvalue weighted by molar-refractivity contribution is -0.142. The van der Waals surface area contributed by atoms with E-state index in [0.29, 0.717) is 18.2 Å². The second-order valence-corrected chi connectivity index (χ2v) is 8.08. The highest BCUT2D eigenvalue weighted by Crippen LogP contribution is 2.39. The first-order chi connectivity index (χ1) is 16.1. The van der Waals surface area contributed by atoms with Gasteiger partial charge in [0, 0.05) is 10.6 Å². The smallest absolute Gasteiger partial charge is 0.310 e. The standard InChI is InChI=1S/C29H25ClO3/c1-2-32-29(31)18-22-11-8-12-23(17-22)25-13-6-7-14-26(25)27-19-24(30)15-16-28(27)33-20-21-9-4-3-5-10-21/h3-17,19H,2,18,20H2,1H3. The summed E-state index contributed by atoms with van der Waals surface area (Å²) in [5.74, 6) is 0.535. The lowest BCUT2D eigenvalue weighted by Gasteiger charge is -2.16. The van der Waals surface area contributed by atoms with Gasteiger partial charge in [0.15, 0.2) is 0 Å². The SMILES string of the molecule is CCOC(=O)Cc1cccc(-c2ccccc2-c2cc(Cl)ccc2OCc2ccccc2)c1. The lowest BCUT2D eigenvalue weighted by atomic mass is 9.93. The van der Waals surface area contributed by atoms with Crippen molar-refractivity contribution in [3.05, 3.63) is 113 Å². The van der Waals surface area contributed by atoms with E-state index in [0.717, 1.165) is 39.1 Å². The van der Waals surface area contributed by atoms with Gasteiger partial charge in [-0.2, -0.15) is 0 Å². The monoisotopic (exact) mass is 456 g/mol. The third-order valence-corrected chi connectivity index (χ3v) is 5.52. The summed E-state index contributed by atoms with van der Waals surface area (Å²) in [6, 6.07) is 31.9. The average molecular weight is 457 g/mol. The van der Waals surface area contributed by atoms with Crippen LogP contribution >= 0.6 is 11.6 Å². The molecule has 4 heteroatoms. The Labute approximate surface area is 199 Å². The zero-order valence-electron chi connectivity index (χ0n) is 18.5. The number of halogens is 1. The van der Waals surface area contributed by atoms with E-state index in [1.807, 2.05) is 91.9 Å². The van der Waals surface area contributed by atoms with Crippen molar-refractivity contribution in [3.63, 3.8) is 0 Å². The summed E-state index contributed by atoms with van der Waals surface area (Å²) in [5.41, 5.74) is 5.99. The Bertz CT molecular complexity index is 1230. The molecule has 0 heterocycles. The fraction of sp³-hybridized carbons (Fsp3) is 0.138. The largest absolute Gasteiger partial charge is 0.488 e. The molecule has 0 aliphatic carbocycles. The van der Waals surface area contributed by atoms with Crippen molar-refractivity contribution in [2.24, 2.45) is 0 Å². The van der Waals surface area contributed by atoms with E-state index in [-0.39, 0.29) is 12.4 Å². The van der Waals surface area contributed by atoms with Gasteiger partial charge in [0.2, 0.25) is 0 Å². The number of hydrogen-bond acceptors (Lipinski definition) is 3. The number of ether oxygens (including phenoxy) is 2. The molecular formula is C29H25ClO3. The molecule has 0 saturated heterocycles. The zero-order valence-corrected chi connectivity index (χ0v) is 19.2. The van der Waals surface area contributed by atoms with E-state index in [2.05, 4.69) is 12.1 Å². The maximum absolute atomic E-state index is 12.0. The van der Waals surface area contributed by atoms with Crippen LogP contribution in [0.4, 0.5) is 0 Å². The van der Waals surface area contributed by atoms with E-state index in [1.54, 1.807) is 0 Å². The molecule has 166 valence electrons. The molecule has 0 radical (unpaired) electrons. The van der Waals surface area contributed by atoms with Crippen molar-refractivity contribution in [1.29, 1.82) is 0 Å². The molecule has 33 heavy (non-hydrogen) atoms. The minimum atomic E-state index is -0.227. The van der Waals surface area contributed by atoms with Crippen molar-refractivity contribution < 1.29 is 14.3 Å². The summed E-state index contributed by atoms with van der Waals surface area (Å²) < 4.78 is 11.3. The Balaban J connectivity index is 1.69. The quantitative estimate of drug-likeness (QED) is 0.260. The highest BCUT2D eigenvalue weighted by Gasteiger charge is 2.14. The molecule has 4 rings (SSSR count). The van der Waals surface area contributed by atoms with Gasteiger partial charge in [-0.15, -0.1) is 0 Å². The van der Waals surface area contributed by atoms with Crippen LogP contribution in [0.15, 0.2) is 97.1 Å². The summed E-state index contributed by atoms with van der Waals surface area (Å²) in [7, 11) is 0. The number of benzene rings is 4. The van der Waals surface area contributed by atoms with E-state index in [1.165, 1.54) is 0 Å². The summed E-state index contributed by atoms with van der Waals surface area (Å²) in [4.78, 5) is 12.0. The third kappa shape index (κ3) is 5.82. The Morgan fingerprint density at radius 2 is 1.48 bits per heavy atom. The van der Waals surface area contributed by atoms with Gasteiger partial charge in [-0.1, -0.05) is 90.5 Å². The van der Waals surface area contributed by atoms with Crippen LogP contribution in [0.5, 0.6) is 5.75 Å². The minimum Gasteiger partial charge on any atom is -0.488 e. The summed E-state index contributed by atoms with van der Waals surface area (Å²) in [6.45, 7) is 2.65. The van der Waals surface area contributed by atoms with Gasteiger partial charge >= 0.3 is 5.97 Å². The van der Waals surface area contributed by atoms with Gasteiger partial charge < -0.3 is 9.47 Å². The highest BCUT2D eigenvalue weighted by atomic mass is 35.5. The van der Waals surface area contributed by atoms with Crippen molar-refractivity contribution in [1.82, 2.24) is 0 Å². The zero-order chi connectivity index (χ0) is 23.0. The molecule has 0 fully saturated rings. The van der Waals surface area contributed by atoms with E-state index in [4.69, 9.17) is 21.1 Å². The Kier molecular flexibility index (Phi) is 7.43. The number of rotatable bonds is 8. The van der Waals surface area contributed by atoms with Crippen molar-refractivity contribution in [2.45, 2.75) is 20.0 Å². The second-order valence-electron chi connectivity index (χ2n) is 7.64. The maximum Gasteiger partial charge on any atom is 0.310 e. The molecule has 0 aliphatic rings. The molecule has 0 spiro atoms. The van der Waals surface area contributed by atoms with Crippen molar-refractivity contribution in [3.8, 4) is 28.0 Å². The predicted molar refractivity (Wildman–Crippen MR) is 133 cm³/mol. The summed E-state index contributed by atoms with van der Waals surface area (Å²) in [6.07, 6.45) is 0.243. The Morgan fingerprint density at radius 1 is 0.758 bits per heavy atom. The fourth-order valence-corrected chi connectivity index (χ4v) is 3.94. The van der Waals surface area contributed by atoms with Gasteiger partial charge in [0.25, 0.3) is 0 Å². The van der Waals surface area contributed by atoms with Gasteiger partial charge in [-0.3, -0.25) is 4.79 Å². The molecule has 0 aromatic heterocycles. The molecule has 4 aromatic carbocycles. The lowest BCUT2D eigenvalue weighted by Crippen LogP contribution is -2.07. The van der Waals surface area contributed by atoms with Crippen LogP contribution in [0.1, 0.15) is 18.1 Å². The van der Waals surface area contributed by atoms with Crippen LogP contribution in [0.3, 0.4) is 0 Å². The third-order valence-electron chi connectivity index (χ3n) is 5.29. The molecule has 0 aliphatic heterocycles. The van der Waals surface area contributed by atoms with Crippen LogP contribution in [-0.4, -0.2) is 12.6 Å². The summed E-state index contributed by atoms with van der Waals surface area (Å²) in [5, 5.41) is 0.642. The minimum absolute atomic E-state index is 0.227. The second kappa shape index (κ2) is 10.8. The molecule has 0 unspecified atom stereocenters. The van der Waals surface area contributed by atoms with Crippen molar-refractivity contribution in [2.75, 3.05) is 6.61 Å². The molecule has 0 atom stereocenters. The first-order valence-corrected chi connectivity index (χ1v) is 11.3. The van der Waals surface area contributed by atoms with Gasteiger partial charge in [-0.25, -0.2) is 0 Å². The van der Waals surface area contributed by atoms with Crippen molar-refractivity contribution >= 4 is 17.6 Å². The summed E-state index contributed by atoms with van der Waals surface area (Å²) >= 11 is 6.39. The topological polar surface area (TPSA) is 35.5 Å². The molecule has 4 aromatic rings. The normalized spacial score (nSPS) is 10.6. The first-order valence-electron chi connectivity index (χ1n) is 10.9. The van der Waals surface area contributed by atoms with Gasteiger partial charge in [0.1, 0.15) is 12.4 Å². The predicted octanol–water partition coefficient (Wildman–Crippen LogP) is 7.36. The fourth-order valence-electron chi connectivity index (χ4n) is 3.77. The Morgan fingerprint density at radius 3 is 2.27 bits per heavy atom. The Hall–Kier alpha value is -3.56. The molecule has 0 saturated carbocycles. The van der Waals surface area contributed by atoms with Gasteiger partial charge in [0.05, 0.1) is 13.0 Å². The number of esters is 1. The molecule has 3 nitrogen and oxygen atoms in total. The number of carbonyl (C=O) groups is 1. The van der Waals surface area contributed by atoms with E-state index in [9.17, 15) is 4.79 Å². The van der Waals surface area contributed by atoms with E-state index < -0.39 is 0 Å². The highest BCUT2D eigenvalue weighted by molar-refractivity contribution is 6.31. The van der Waals surface area contributed by atoms with Gasteiger partial charge in [-0.05, 0) is 52.9 Å². The molecule has 0 bridgehead atoms. The number of carbonyl (C=O) groups excluding carboxylic acids is 1. The van der Waals surface area contributed by atoms with Crippen LogP contribution < -0.4 is 4.74 Å². The van der Waals surface area contributed by atoms with E-state index >= 15 is 0 Å². The van der Waals surface area contributed by atoms with Crippen LogP contribution in [0.25, 0.3) is 22.3 Å². The van der Waals surface area contributed by atoms with Crippen LogP contribution in [0.2, 0.25) is 5.02 Å². The molecular weight excluding hydrogens is 432 g/mol. The molecule has 0 amide bonds. The van der Waals surface area contributed by atoms with Crippen LogP contribution in [-0.2, 0) is 22.6 Å². The molecule has 0 N–H and O–H groups in total.